The second-order valence-corrected chi connectivity index (χ2v) is 4.07. The van der Waals surface area contributed by atoms with Gasteiger partial charge in [-0.15, -0.1) is 11.8 Å². The molecule has 0 aliphatic rings. The fourth-order valence-electron chi connectivity index (χ4n) is 0.864. The van der Waals surface area contributed by atoms with Gasteiger partial charge in [-0.25, -0.2) is 4.98 Å². The lowest BCUT2D eigenvalue weighted by molar-refractivity contribution is 0.289. The van der Waals surface area contributed by atoms with Crippen molar-refractivity contribution in [3.8, 4) is 0 Å². The van der Waals surface area contributed by atoms with Crippen LogP contribution in [0.2, 0.25) is 0 Å². The molecule has 1 atom stereocenters. The summed E-state index contributed by atoms with van der Waals surface area (Å²) < 4.78 is 0. The minimum absolute atomic E-state index is 0.251. The molecule has 2 nitrogen and oxygen atoms in total. The van der Waals surface area contributed by atoms with Gasteiger partial charge in [0.15, 0.2) is 0 Å². The number of aliphatic hydroxyl groups is 1. The Morgan fingerprint density at radius 2 is 2.42 bits per heavy atom. The number of aliphatic hydroxyl groups excluding tert-OH is 1. The Balaban J connectivity index is 2.41. The Bertz CT molecular complexity index is 215. The number of rotatable bonds is 4. The highest BCUT2D eigenvalue weighted by Gasteiger charge is 2.03. The van der Waals surface area contributed by atoms with E-state index in [2.05, 4.69) is 11.9 Å². The molecule has 0 aliphatic heterocycles. The van der Waals surface area contributed by atoms with Gasteiger partial charge in [0.2, 0.25) is 0 Å². The normalized spacial score (nSPS) is 12.8. The Morgan fingerprint density at radius 1 is 1.58 bits per heavy atom. The molecular formula is C9H13NOS. The third-order valence-corrected chi connectivity index (χ3v) is 2.62. The standard InChI is InChI=1S/C9H13NOS/c1-8(5-7-11)12-9-4-2-3-6-10-9/h2-4,6,8,11H,5,7H2,1H3. The van der Waals surface area contributed by atoms with E-state index in [0.29, 0.717) is 5.25 Å². The molecule has 1 aromatic heterocycles. The molecule has 12 heavy (non-hydrogen) atoms. The largest absolute Gasteiger partial charge is 0.396 e. The summed E-state index contributed by atoms with van der Waals surface area (Å²) in [5, 5.41) is 10.1. The maximum Gasteiger partial charge on any atom is 0.0962 e. The van der Waals surface area contributed by atoms with Crippen molar-refractivity contribution in [3.05, 3.63) is 24.4 Å². The van der Waals surface area contributed by atoms with Crippen LogP contribution in [0.4, 0.5) is 0 Å². The molecule has 3 heteroatoms. The van der Waals surface area contributed by atoms with E-state index in [9.17, 15) is 0 Å². The van der Waals surface area contributed by atoms with Crippen molar-refractivity contribution >= 4 is 11.8 Å². The van der Waals surface area contributed by atoms with Crippen molar-refractivity contribution in [3.63, 3.8) is 0 Å². The van der Waals surface area contributed by atoms with Crippen molar-refractivity contribution < 1.29 is 5.11 Å². The fourth-order valence-corrected chi connectivity index (χ4v) is 1.78. The average Bonchev–Trinajstić information content (AvgIpc) is 2.06. The second kappa shape index (κ2) is 5.17. The molecule has 0 bridgehead atoms. The highest BCUT2D eigenvalue weighted by molar-refractivity contribution is 7.99. The Kier molecular flexibility index (Phi) is 4.11. The van der Waals surface area contributed by atoms with Crippen LogP contribution < -0.4 is 0 Å². The zero-order valence-corrected chi connectivity index (χ0v) is 7.92. The molecule has 0 aliphatic carbocycles. The van der Waals surface area contributed by atoms with Gasteiger partial charge in [-0.3, -0.25) is 0 Å². The van der Waals surface area contributed by atoms with E-state index in [-0.39, 0.29) is 6.61 Å². The highest BCUT2D eigenvalue weighted by Crippen LogP contribution is 2.21. The zero-order chi connectivity index (χ0) is 8.81. The quantitative estimate of drug-likeness (QED) is 0.724. The molecule has 66 valence electrons. The van der Waals surface area contributed by atoms with E-state index in [0.717, 1.165) is 11.4 Å². The first-order valence-corrected chi connectivity index (χ1v) is 4.89. The van der Waals surface area contributed by atoms with Crippen molar-refractivity contribution in [2.75, 3.05) is 6.61 Å². The van der Waals surface area contributed by atoms with Crippen molar-refractivity contribution in [1.29, 1.82) is 0 Å². The highest BCUT2D eigenvalue weighted by atomic mass is 32.2. The van der Waals surface area contributed by atoms with Crippen LogP contribution >= 0.6 is 11.8 Å². The summed E-state index contributed by atoms with van der Waals surface area (Å²) in [7, 11) is 0. The zero-order valence-electron chi connectivity index (χ0n) is 7.10. The van der Waals surface area contributed by atoms with Crippen LogP contribution in [0.1, 0.15) is 13.3 Å². The van der Waals surface area contributed by atoms with Crippen molar-refractivity contribution in [2.45, 2.75) is 23.6 Å². The van der Waals surface area contributed by atoms with Gasteiger partial charge in [0.05, 0.1) is 5.03 Å². The summed E-state index contributed by atoms with van der Waals surface area (Å²) in [6, 6.07) is 5.86. The van der Waals surface area contributed by atoms with Crippen LogP contribution in [0.3, 0.4) is 0 Å². The van der Waals surface area contributed by atoms with E-state index in [1.54, 1.807) is 18.0 Å². The first kappa shape index (κ1) is 9.55. The van der Waals surface area contributed by atoms with Gasteiger partial charge in [0.1, 0.15) is 0 Å². The van der Waals surface area contributed by atoms with Crippen LogP contribution in [-0.4, -0.2) is 21.9 Å². The molecule has 1 rings (SSSR count). The summed E-state index contributed by atoms with van der Waals surface area (Å²) in [5.74, 6) is 0. The number of thioether (sulfide) groups is 1. The molecule has 1 heterocycles. The maximum absolute atomic E-state index is 8.68. The van der Waals surface area contributed by atoms with Gasteiger partial charge in [-0.2, -0.15) is 0 Å². The number of nitrogens with zero attached hydrogens (tertiary/aromatic N) is 1. The molecule has 0 radical (unpaired) electrons. The van der Waals surface area contributed by atoms with E-state index >= 15 is 0 Å². The summed E-state index contributed by atoms with van der Waals surface area (Å²) in [6.07, 6.45) is 2.61. The van der Waals surface area contributed by atoms with E-state index in [4.69, 9.17) is 5.11 Å². The molecular weight excluding hydrogens is 170 g/mol. The molecule has 0 amide bonds. The fraction of sp³-hybridized carbons (Fsp3) is 0.444. The molecule has 1 unspecified atom stereocenters. The molecule has 0 saturated carbocycles. The summed E-state index contributed by atoms with van der Waals surface area (Å²) >= 11 is 1.70. The lowest BCUT2D eigenvalue weighted by atomic mass is 10.3. The first-order valence-electron chi connectivity index (χ1n) is 4.01. The van der Waals surface area contributed by atoms with Crippen LogP contribution in [0.25, 0.3) is 0 Å². The molecule has 1 N–H and O–H groups in total. The van der Waals surface area contributed by atoms with Crippen LogP contribution in [0.15, 0.2) is 29.4 Å². The predicted molar refractivity (Wildman–Crippen MR) is 51.3 cm³/mol. The molecule has 0 fully saturated rings. The molecule has 0 aromatic carbocycles. The van der Waals surface area contributed by atoms with Gasteiger partial charge < -0.3 is 5.11 Å². The Morgan fingerprint density at radius 3 is 3.00 bits per heavy atom. The Hall–Kier alpha value is -0.540. The van der Waals surface area contributed by atoms with Crippen LogP contribution in [-0.2, 0) is 0 Å². The number of pyridine rings is 1. The van der Waals surface area contributed by atoms with Gasteiger partial charge in [0.25, 0.3) is 0 Å². The van der Waals surface area contributed by atoms with Gasteiger partial charge in [0, 0.05) is 18.1 Å². The maximum atomic E-state index is 8.68. The predicted octanol–water partition coefficient (Wildman–Crippen LogP) is 1.94. The van der Waals surface area contributed by atoms with E-state index < -0.39 is 0 Å². The lowest BCUT2D eigenvalue weighted by Crippen LogP contribution is -1.99. The Labute approximate surface area is 77.0 Å². The summed E-state index contributed by atoms with van der Waals surface area (Å²) in [4.78, 5) is 4.18. The number of aromatic nitrogens is 1. The van der Waals surface area contributed by atoms with Gasteiger partial charge >= 0.3 is 0 Å². The summed E-state index contributed by atoms with van der Waals surface area (Å²) in [5.41, 5.74) is 0. The monoisotopic (exact) mass is 183 g/mol. The molecule has 0 spiro atoms. The van der Waals surface area contributed by atoms with Crippen molar-refractivity contribution in [1.82, 2.24) is 4.98 Å². The first-order chi connectivity index (χ1) is 5.83. The average molecular weight is 183 g/mol. The van der Waals surface area contributed by atoms with E-state index in [1.165, 1.54) is 0 Å². The minimum atomic E-state index is 0.251. The molecule has 0 saturated heterocycles. The smallest absolute Gasteiger partial charge is 0.0962 e. The third kappa shape index (κ3) is 3.24. The SMILES string of the molecule is CC(CCO)Sc1ccccn1. The van der Waals surface area contributed by atoms with E-state index in [1.807, 2.05) is 18.2 Å². The number of hydrogen-bond donors (Lipinski definition) is 1. The number of hydrogen-bond acceptors (Lipinski definition) is 3. The third-order valence-electron chi connectivity index (χ3n) is 1.50. The minimum Gasteiger partial charge on any atom is -0.396 e. The van der Waals surface area contributed by atoms with Crippen LogP contribution in [0.5, 0.6) is 0 Å². The van der Waals surface area contributed by atoms with Crippen molar-refractivity contribution in [2.24, 2.45) is 0 Å². The molecule has 1 aromatic rings. The topological polar surface area (TPSA) is 33.1 Å². The van der Waals surface area contributed by atoms with Crippen LogP contribution in [0, 0.1) is 0 Å². The second-order valence-electron chi connectivity index (χ2n) is 2.61. The van der Waals surface area contributed by atoms with Gasteiger partial charge in [-0.1, -0.05) is 13.0 Å². The summed E-state index contributed by atoms with van der Waals surface area (Å²) in [6.45, 7) is 2.34. The van der Waals surface area contributed by atoms with Gasteiger partial charge in [-0.05, 0) is 18.6 Å². The lowest BCUT2D eigenvalue weighted by Gasteiger charge is -2.07.